The van der Waals surface area contributed by atoms with E-state index in [2.05, 4.69) is 19.9 Å². The molecule has 0 fully saturated rings. The monoisotopic (exact) mass is 297 g/mol. The van der Waals surface area contributed by atoms with E-state index in [1.807, 2.05) is 12.1 Å². The summed E-state index contributed by atoms with van der Waals surface area (Å²) in [5, 5.41) is 9.57. The molecule has 1 aliphatic heterocycles. The third-order valence-corrected chi connectivity index (χ3v) is 4.30. The second kappa shape index (κ2) is 5.37. The highest BCUT2D eigenvalue weighted by Gasteiger charge is 2.32. The number of benzene rings is 2. The topological polar surface area (TPSA) is 49.8 Å². The average molecular weight is 297 g/mol. The van der Waals surface area contributed by atoms with Crippen LogP contribution in [0.15, 0.2) is 36.4 Å². The molecule has 1 aliphatic rings. The van der Waals surface area contributed by atoms with Crippen molar-refractivity contribution in [2.45, 2.75) is 26.4 Å². The fraction of sp³-hybridized carbons (Fsp3) is 0.278. The van der Waals surface area contributed by atoms with Gasteiger partial charge < -0.3 is 14.7 Å². The molecule has 4 nitrogen and oxygen atoms in total. The molecular formula is C18H19NO3. The highest BCUT2D eigenvalue weighted by molar-refractivity contribution is 5.99. The van der Waals surface area contributed by atoms with Crippen molar-refractivity contribution in [1.82, 2.24) is 0 Å². The molecule has 2 aromatic carbocycles. The first-order valence-corrected chi connectivity index (χ1v) is 7.29. The number of rotatable bonds is 2. The van der Waals surface area contributed by atoms with Crippen molar-refractivity contribution in [3.05, 3.63) is 53.1 Å². The molecule has 4 heteroatoms. The summed E-state index contributed by atoms with van der Waals surface area (Å²) in [6, 6.07) is 10.9. The van der Waals surface area contributed by atoms with E-state index in [9.17, 15) is 9.90 Å². The molecule has 0 bridgehead atoms. The first kappa shape index (κ1) is 14.4. The predicted octanol–water partition coefficient (Wildman–Crippen LogP) is 2.98. The Hall–Kier alpha value is -2.49. The van der Waals surface area contributed by atoms with Gasteiger partial charge in [0.05, 0.1) is 5.69 Å². The van der Waals surface area contributed by atoms with Crippen molar-refractivity contribution in [3.63, 3.8) is 0 Å². The first-order chi connectivity index (χ1) is 10.5. The predicted molar refractivity (Wildman–Crippen MR) is 85.6 cm³/mol. The van der Waals surface area contributed by atoms with Gasteiger partial charge in [-0.1, -0.05) is 18.2 Å². The van der Waals surface area contributed by atoms with Crippen LogP contribution in [0.5, 0.6) is 11.5 Å². The lowest BCUT2D eigenvalue weighted by molar-refractivity contribution is -0.125. The minimum atomic E-state index is -0.539. The van der Waals surface area contributed by atoms with E-state index in [-0.39, 0.29) is 11.7 Å². The van der Waals surface area contributed by atoms with E-state index in [0.717, 1.165) is 5.56 Å². The molecule has 0 spiro atoms. The number of amides is 1. The van der Waals surface area contributed by atoms with Crippen molar-refractivity contribution in [3.8, 4) is 11.5 Å². The molecule has 0 radical (unpaired) electrons. The van der Waals surface area contributed by atoms with Gasteiger partial charge in [-0.25, -0.2) is 0 Å². The molecule has 1 unspecified atom stereocenters. The average Bonchev–Trinajstić information content (AvgIpc) is 2.50. The number of ether oxygens (including phenoxy) is 1. The van der Waals surface area contributed by atoms with Crippen LogP contribution in [0.25, 0.3) is 0 Å². The zero-order chi connectivity index (χ0) is 15.9. The Balaban J connectivity index is 1.91. The molecule has 22 heavy (non-hydrogen) atoms. The maximum atomic E-state index is 12.5. The number of phenolic OH excluding ortho intramolecular Hbond substituents is 1. The van der Waals surface area contributed by atoms with Crippen LogP contribution >= 0.6 is 0 Å². The number of anilines is 1. The smallest absolute Gasteiger partial charge is 0.268 e. The van der Waals surface area contributed by atoms with Gasteiger partial charge in [0.25, 0.3) is 5.91 Å². The summed E-state index contributed by atoms with van der Waals surface area (Å²) >= 11 is 0. The summed E-state index contributed by atoms with van der Waals surface area (Å²) in [4.78, 5) is 14.1. The van der Waals surface area contributed by atoms with Crippen molar-refractivity contribution in [2.75, 3.05) is 11.9 Å². The Bertz CT molecular complexity index is 739. The van der Waals surface area contributed by atoms with E-state index in [1.165, 1.54) is 11.1 Å². The Labute approximate surface area is 130 Å². The second-order valence-corrected chi connectivity index (χ2v) is 5.72. The molecule has 0 aromatic heterocycles. The molecule has 1 atom stereocenters. The SMILES string of the molecule is Cc1cccc(CC2Oc3ccc(O)cc3N(C)C2=O)c1C. The van der Waals surface area contributed by atoms with Crippen LogP contribution in [0, 0.1) is 13.8 Å². The number of aryl methyl sites for hydroxylation is 1. The lowest BCUT2D eigenvalue weighted by Crippen LogP contribution is -2.45. The van der Waals surface area contributed by atoms with Crippen LogP contribution < -0.4 is 9.64 Å². The number of fused-ring (bicyclic) bond motifs is 1. The number of hydrogen-bond acceptors (Lipinski definition) is 3. The summed E-state index contributed by atoms with van der Waals surface area (Å²) in [5.74, 6) is 0.643. The molecule has 114 valence electrons. The lowest BCUT2D eigenvalue weighted by atomic mass is 9.97. The Morgan fingerprint density at radius 2 is 2.00 bits per heavy atom. The maximum Gasteiger partial charge on any atom is 0.268 e. The number of nitrogens with zero attached hydrogens (tertiary/aromatic N) is 1. The van der Waals surface area contributed by atoms with Crippen LogP contribution in [0.2, 0.25) is 0 Å². The second-order valence-electron chi connectivity index (χ2n) is 5.72. The zero-order valence-electron chi connectivity index (χ0n) is 13.0. The largest absolute Gasteiger partial charge is 0.508 e. The molecule has 1 heterocycles. The molecule has 1 amide bonds. The minimum Gasteiger partial charge on any atom is -0.508 e. The molecule has 0 saturated carbocycles. The van der Waals surface area contributed by atoms with Crippen molar-refractivity contribution < 1.29 is 14.6 Å². The van der Waals surface area contributed by atoms with E-state index >= 15 is 0 Å². The van der Waals surface area contributed by atoms with E-state index in [4.69, 9.17) is 4.74 Å². The van der Waals surface area contributed by atoms with Crippen LogP contribution in [0.3, 0.4) is 0 Å². The lowest BCUT2D eigenvalue weighted by Gasteiger charge is -2.32. The summed E-state index contributed by atoms with van der Waals surface area (Å²) in [5.41, 5.74) is 4.12. The molecule has 3 rings (SSSR count). The quantitative estimate of drug-likeness (QED) is 0.927. The van der Waals surface area contributed by atoms with Gasteiger partial charge in [0, 0.05) is 19.5 Å². The molecular weight excluding hydrogens is 278 g/mol. The number of hydrogen-bond donors (Lipinski definition) is 1. The Morgan fingerprint density at radius 1 is 1.23 bits per heavy atom. The van der Waals surface area contributed by atoms with E-state index in [0.29, 0.717) is 17.9 Å². The van der Waals surface area contributed by atoms with Crippen LogP contribution in [0.1, 0.15) is 16.7 Å². The Kier molecular flexibility index (Phi) is 3.53. The van der Waals surface area contributed by atoms with Crippen molar-refractivity contribution >= 4 is 11.6 Å². The van der Waals surface area contributed by atoms with Gasteiger partial charge in [-0.05, 0) is 42.7 Å². The third-order valence-electron chi connectivity index (χ3n) is 4.30. The van der Waals surface area contributed by atoms with Gasteiger partial charge in [-0.3, -0.25) is 4.79 Å². The minimum absolute atomic E-state index is 0.0981. The van der Waals surface area contributed by atoms with Crippen molar-refractivity contribution in [2.24, 2.45) is 0 Å². The number of carbonyl (C=O) groups is 1. The van der Waals surface area contributed by atoms with E-state index < -0.39 is 6.10 Å². The normalized spacial score (nSPS) is 17.1. The number of aromatic hydroxyl groups is 1. The summed E-state index contributed by atoms with van der Waals surface area (Å²) in [6.07, 6.45) is -0.000619. The molecule has 0 saturated heterocycles. The maximum absolute atomic E-state index is 12.5. The highest BCUT2D eigenvalue weighted by atomic mass is 16.5. The third kappa shape index (κ3) is 2.41. The van der Waals surface area contributed by atoms with Crippen molar-refractivity contribution in [1.29, 1.82) is 0 Å². The van der Waals surface area contributed by atoms with E-state index in [1.54, 1.807) is 30.1 Å². The number of phenols is 1. The first-order valence-electron chi connectivity index (χ1n) is 7.29. The highest BCUT2D eigenvalue weighted by Crippen LogP contribution is 2.36. The van der Waals surface area contributed by atoms with Gasteiger partial charge in [-0.15, -0.1) is 0 Å². The molecule has 1 N–H and O–H groups in total. The van der Waals surface area contributed by atoms with Crippen LogP contribution in [-0.4, -0.2) is 24.2 Å². The fourth-order valence-corrected chi connectivity index (χ4v) is 2.77. The summed E-state index contributed by atoms with van der Waals surface area (Å²) in [7, 11) is 1.71. The van der Waals surface area contributed by atoms with Gasteiger partial charge in [-0.2, -0.15) is 0 Å². The van der Waals surface area contributed by atoms with Gasteiger partial charge in [0.15, 0.2) is 6.10 Å². The fourth-order valence-electron chi connectivity index (χ4n) is 2.77. The molecule has 0 aliphatic carbocycles. The van der Waals surface area contributed by atoms with Gasteiger partial charge in [0.2, 0.25) is 0 Å². The molecule has 2 aromatic rings. The standard InChI is InChI=1S/C18H19NO3/c1-11-5-4-6-13(12(11)2)9-17-18(21)19(3)15-10-14(20)7-8-16(15)22-17/h4-8,10,17,20H,9H2,1-3H3. The summed E-state index contributed by atoms with van der Waals surface area (Å²) in [6.45, 7) is 4.13. The van der Waals surface area contributed by atoms with Gasteiger partial charge in [0.1, 0.15) is 11.5 Å². The Morgan fingerprint density at radius 3 is 2.77 bits per heavy atom. The zero-order valence-corrected chi connectivity index (χ0v) is 13.0. The van der Waals surface area contributed by atoms with Crippen LogP contribution in [-0.2, 0) is 11.2 Å². The number of likely N-dealkylation sites (N-methyl/N-ethyl adjacent to an activating group) is 1. The van der Waals surface area contributed by atoms with Gasteiger partial charge >= 0.3 is 0 Å². The van der Waals surface area contributed by atoms with Crippen LogP contribution in [0.4, 0.5) is 5.69 Å². The summed E-state index contributed by atoms with van der Waals surface area (Å²) < 4.78 is 5.87. The number of carbonyl (C=O) groups excluding carboxylic acids is 1.